The Hall–Kier alpha value is -3.36. The molecule has 2 saturated heterocycles. The van der Waals surface area contributed by atoms with Crippen molar-refractivity contribution in [2.45, 2.75) is 31.7 Å². The van der Waals surface area contributed by atoms with Crippen molar-refractivity contribution in [2.24, 2.45) is 5.92 Å². The van der Waals surface area contributed by atoms with Crippen LogP contribution in [0.4, 0.5) is 5.82 Å². The quantitative estimate of drug-likeness (QED) is 0.608. The summed E-state index contributed by atoms with van der Waals surface area (Å²) in [5, 5.41) is 12.5. The van der Waals surface area contributed by atoms with Crippen molar-refractivity contribution in [1.29, 1.82) is 0 Å². The van der Waals surface area contributed by atoms with Gasteiger partial charge in [-0.3, -0.25) is 4.79 Å². The number of ether oxygens (including phenoxy) is 2. The summed E-state index contributed by atoms with van der Waals surface area (Å²) in [6.07, 6.45) is 5.22. The van der Waals surface area contributed by atoms with Gasteiger partial charge in [-0.1, -0.05) is 0 Å². The molecule has 0 saturated carbocycles. The molecule has 2 fully saturated rings. The van der Waals surface area contributed by atoms with Gasteiger partial charge in [-0.2, -0.15) is 4.52 Å². The minimum absolute atomic E-state index is 0.0368. The van der Waals surface area contributed by atoms with E-state index < -0.39 is 0 Å². The molecular weight excluding hydrogens is 408 g/mol. The molecule has 5 rings (SSSR count). The first kappa shape index (κ1) is 20.5. The molecule has 4 heterocycles. The average molecular weight is 437 g/mol. The van der Waals surface area contributed by atoms with Crippen LogP contribution < -0.4 is 14.4 Å². The Morgan fingerprint density at radius 2 is 1.88 bits per heavy atom. The maximum Gasteiger partial charge on any atom is 0.226 e. The van der Waals surface area contributed by atoms with Crippen molar-refractivity contribution < 1.29 is 14.3 Å². The van der Waals surface area contributed by atoms with E-state index in [-0.39, 0.29) is 17.9 Å². The first-order chi connectivity index (χ1) is 15.7. The maximum absolute atomic E-state index is 13.5. The lowest BCUT2D eigenvalue weighted by Gasteiger charge is -2.35. The zero-order valence-corrected chi connectivity index (χ0v) is 18.5. The van der Waals surface area contributed by atoms with Gasteiger partial charge < -0.3 is 19.3 Å². The van der Waals surface area contributed by atoms with Crippen LogP contribution >= 0.6 is 0 Å². The molecule has 0 bridgehead atoms. The van der Waals surface area contributed by atoms with Crippen molar-refractivity contribution in [1.82, 2.24) is 24.7 Å². The Bertz CT molecular complexity index is 1110. The summed E-state index contributed by atoms with van der Waals surface area (Å²) in [6.45, 7) is 2.41. The topological polar surface area (TPSA) is 85.1 Å². The average Bonchev–Trinajstić information content (AvgIpc) is 3.52. The molecular formula is C23H28N6O3. The second kappa shape index (κ2) is 8.64. The molecule has 0 spiro atoms. The Morgan fingerprint density at radius 1 is 1.03 bits per heavy atom. The van der Waals surface area contributed by atoms with Gasteiger partial charge in [-0.05, 0) is 49.9 Å². The van der Waals surface area contributed by atoms with Crippen molar-refractivity contribution in [2.75, 3.05) is 38.8 Å². The van der Waals surface area contributed by atoms with Gasteiger partial charge in [0.2, 0.25) is 5.91 Å². The molecule has 9 heteroatoms. The number of amides is 1. The van der Waals surface area contributed by atoms with Crippen LogP contribution in [0.5, 0.6) is 11.5 Å². The Labute approximate surface area is 186 Å². The van der Waals surface area contributed by atoms with Gasteiger partial charge in [-0.15, -0.1) is 15.3 Å². The van der Waals surface area contributed by atoms with E-state index in [1.54, 1.807) is 25.1 Å². The second-order valence-corrected chi connectivity index (χ2v) is 8.38. The second-order valence-electron chi connectivity index (χ2n) is 8.38. The van der Waals surface area contributed by atoms with Crippen molar-refractivity contribution in [3.63, 3.8) is 0 Å². The van der Waals surface area contributed by atoms with Crippen LogP contribution in [0, 0.1) is 5.92 Å². The number of anilines is 1. The lowest BCUT2D eigenvalue weighted by molar-refractivity contribution is -0.137. The minimum Gasteiger partial charge on any atom is -0.497 e. The lowest BCUT2D eigenvalue weighted by atomic mass is 9.94. The molecule has 1 amide bonds. The number of hydrogen-bond acceptors (Lipinski definition) is 7. The van der Waals surface area contributed by atoms with E-state index in [2.05, 4.69) is 25.1 Å². The molecule has 1 aromatic carbocycles. The van der Waals surface area contributed by atoms with E-state index in [9.17, 15) is 4.79 Å². The molecule has 168 valence electrons. The number of piperidine rings is 1. The minimum atomic E-state index is 0.0368. The van der Waals surface area contributed by atoms with Crippen LogP contribution in [0.2, 0.25) is 0 Å². The van der Waals surface area contributed by atoms with E-state index in [1.807, 2.05) is 30.3 Å². The standard InChI is InChI=1S/C23H28N6O3/c1-31-17-5-6-18(20(14-17)32-2)19-4-3-11-28(19)23(30)16-9-12-27(13-10-16)22-8-7-21-25-24-15-29(21)26-22/h5-8,14-16,19H,3-4,9-13H2,1-2H3/t19-/m0/s1. The summed E-state index contributed by atoms with van der Waals surface area (Å²) >= 11 is 0. The molecule has 32 heavy (non-hydrogen) atoms. The van der Waals surface area contributed by atoms with E-state index in [1.165, 1.54) is 0 Å². The number of aromatic nitrogens is 4. The van der Waals surface area contributed by atoms with E-state index in [4.69, 9.17) is 9.47 Å². The van der Waals surface area contributed by atoms with Gasteiger partial charge in [-0.25, -0.2) is 0 Å². The normalized spacial score (nSPS) is 19.5. The molecule has 0 unspecified atom stereocenters. The molecule has 0 N–H and O–H groups in total. The number of carbonyl (C=O) groups is 1. The third-order valence-electron chi connectivity index (χ3n) is 6.65. The predicted octanol–water partition coefficient (Wildman–Crippen LogP) is 2.72. The first-order valence-corrected chi connectivity index (χ1v) is 11.1. The van der Waals surface area contributed by atoms with Crippen molar-refractivity contribution >= 4 is 17.4 Å². The van der Waals surface area contributed by atoms with E-state index >= 15 is 0 Å². The zero-order chi connectivity index (χ0) is 22.1. The smallest absolute Gasteiger partial charge is 0.226 e. The highest BCUT2D eigenvalue weighted by Gasteiger charge is 2.36. The highest BCUT2D eigenvalue weighted by molar-refractivity contribution is 5.80. The number of rotatable bonds is 5. The molecule has 0 aliphatic carbocycles. The Kier molecular flexibility index (Phi) is 5.55. The fourth-order valence-corrected chi connectivity index (χ4v) is 4.92. The number of nitrogens with zero attached hydrogens (tertiary/aromatic N) is 6. The van der Waals surface area contributed by atoms with Crippen molar-refractivity contribution in [3.8, 4) is 11.5 Å². The lowest BCUT2D eigenvalue weighted by Crippen LogP contribution is -2.42. The number of methoxy groups -OCH3 is 2. The fraction of sp³-hybridized carbons (Fsp3) is 0.478. The van der Waals surface area contributed by atoms with Gasteiger partial charge in [0.25, 0.3) is 0 Å². The number of hydrogen-bond donors (Lipinski definition) is 0. The van der Waals surface area contributed by atoms with E-state index in [0.29, 0.717) is 0 Å². The molecule has 3 aromatic rings. The predicted molar refractivity (Wildman–Crippen MR) is 119 cm³/mol. The van der Waals surface area contributed by atoms with Crippen LogP contribution in [-0.4, -0.2) is 64.5 Å². The van der Waals surface area contributed by atoms with Gasteiger partial charge in [0.05, 0.1) is 20.3 Å². The number of fused-ring (bicyclic) bond motifs is 1. The van der Waals surface area contributed by atoms with E-state index in [0.717, 1.165) is 73.8 Å². The molecule has 2 aliphatic heterocycles. The summed E-state index contributed by atoms with van der Waals surface area (Å²) in [5.74, 6) is 2.72. The van der Waals surface area contributed by atoms with Crippen LogP contribution in [0.25, 0.3) is 5.65 Å². The third-order valence-corrected chi connectivity index (χ3v) is 6.65. The van der Waals surface area contributed by atoms with Gasteiger partial charge in [0.1, 0.15) is 23.6 Å². The van der Waals surface area contributed by atoms with Gasteiger partial charge >= 0.3 is 0 Å². The maximum atomic E-state index is 13.5. The van der Waals surface area contributed by atoms with Crippen LogP contribution in [0.3, 0.4) is 0 Å². The summed E-state index contributed by atoms with van der Waals surface area (Å²) in [6, 6.07) is 9.82. The van der Waals surface area contributed by atoms with Crippen LogP contribution in [0.15, 0.2) is 36.7 Å². The Morgan fingerprint density at radius 3 is 2.66 bits per heavy atom. The van der Waals surface area contributed by atoms with Gasteiger partial charge in [0, 0.05) is 37.2 Å². The van der Waals surface area contributed by atoms with Gasteiger partial charge in [0.15, 0.2) is 5.65 Å². The molecule has 1 atom stereocenters. The zero-order valence-electron chi connectivity index (χ0n) is 18.5. The SMILES string of the molecule is COc1ccc([C@@H]2CCCN2C(=O)C2CCN(c3ccc4nncn4n3)CC2)c(OC)c1. The highest BCUT2D eigenvalue weighted by atomic mass is 16.5. The Balaban J connectivity index is 1.27. The highest BCUT2D eigenvalue weighted by Crippen LogP contribution is 2.40. The molecule has 9 nitrogen and oxygen atoms in total. The number of benzene rings is 1. The molecule has 2 aromatic heterocycles. The molecule has 0 radical (unpaired) electrons. The summed E-state index contributed by atoms with van der Waals surface area (Å²) in [5.41, 5.74) is 1.79. The fourth-order valence-electron chi connectivity index (χ4n) is 4.92. The summed E-state index contributed by atoms with van der Waals surface area (Å²) in [7, 11) is 3.31. The first-order valence-electron chi connectivity index (χ1n) is 11.1. The van der Waals surface area contributed by atoms with Crippen molar-refractivity contribution in [3.05, 3.63) is 42.2 Å². The largest absolute Gasteiger partial charge is 0.497 e. The monoisotopic (exact) mass is 436 g/mol. The summed E-state index contributed by atoms with van der Waals surface area (Å²) in [4.78, 5) is 17.8. The number of likely N-dealkylation sites (tertiary alicyclic amines) is 1. The molecule has 2 aliphatic rings. The number of carbonyl (C=O) groups excluding carboxylic acids is 1. The third kappa shape index (κ3) is 3.72. The van der Waals surface area contributed by atoms with Crippen LogP contribution in [-0.2, 0) is 4.79 Å². The van der Waals surface area contributed by atoms with Crippen LogP contribution in [0.1, 0.15) is 37.3 Å². The summed E-state index contributed by atoms with van der Waals surface area (Å²) < 4.78 is 12.6.